The summed E-state index contributed by atoms with van der Waals surface area (Å²) in [6.45, 7) is 2.50. The number of amides is 1. The second-order valence-corrected chi connectivity index (χ2v) is 6.24. The maximum Gasteiger partial charge on any atom is 0.255 e. The average molecular weight is 401 g/mol. The predicted molar refractivity (Wildman–Crippen MR) is 111 cm³/mol. The van der Waals surface area contributed by atoms with E-state index in [-0.39, 0.29) is 5.91 Å². The van der Waals surface area contributed by atoms with Crippen LogP contribution in [0.4, 0.5) is 5.69 Å². The molecule has 2 aromatic heterocycles. The van der Waals surface area contributed by atoms with Crippen molar-refractivity contribution in [2.75, 3.05) is 11.9 Å². The van der Waals surface area contributed by atoms with Gasteiger partial charge in [-0.25, -0.2) is 4.98 Å². The van der Waals surface area contributed by atoms with Crippen LogP contribution in [0.5, 0.6) is 17.4 Å². The number of carbonyl (C=O) groups excluding carboxylic acids is 1. The molecule has 0 aliphatic rings. The summed E-state index contributed by atoms with van der Waals surface area (Å²) in [6, 6.07) is 17.5. The number of nitrogens with zero attached hydrogens (tertiary/aromatic N) is 4. The number of imidazole rings is 1. The minimum Gasteiger partial charge on any atom is -0.494 e. The number of anilines is 1. The number of rotatable bonds is 7. The van der Waals surface area contributed by atoms with Crippen molar-refractivity contribution in [2.24, 2.45) is 0 Å². The quantitative estimate of drug-likeness (QED) is 0.501. The summed E-state index contributed by atoms with van der Waals surface area (Å²) in [5.41, 5.74) is 1.20. The molecule has 1 N–H and O–H groups in total. The molecule has 0 saturated carbocycles. The fourth-order valence-electron chi connectivity index (χ4n) is 2.70. The summed E-state index contributed by atoms with van der Waals surface area (Å²) in [4.78, 5) is 16.4. The third-order valence-corrected chi connectivity index (χ3v) is 4.16. The van der Waals surface area contributed by atoms with E-state index in [1.807, 2.05) is 6.92 Å². The second kappa shape index (κ2) is 8.87. The summed E-state index contributed by atoms with van der Waals surface area (Å²) in [6.07, 6.45) is 5.10. The van der Waals surface area contributed by atoms with Crippen LogP contribution in [-0.4, -0.2) is 32.3 Å². The van der Waals surface area contributed by atoms with Gasteiger partial charge in [0, 0.05) is 29.7 Å². The van der Waals surface area contributed by atoms with Crippen molar-refractivity contribution in [1.82, 2.24) is 19.7 Å². The molecule has 0 aliphatic heterocycles. The van der Waals surface area contributed by atoms with Gasteiger partial charge in [0.1, 0.15) is 17.8 Å². The maximum absolute atomic E-state index is 12.4. The molecule has 0 radical (unpaired) electrons. The molecule has 0 saturated heterocycles. The van der Waals surface area contributed by atoms with E-state index >= 15 is 0 Å². The van der Waals surface area contributed by atoms with Gasteiger partial charge in [-0.15, -0.1) is 10.2 Å². The molecule has 0 unspecified atom stereocenters. The largest absolute Gasteiger partial charge is 0.494 e. The van der Waals surface area contributed by atoms with Crippen LogP contribution in [0.25, 0.3) is 5.82 Å². The minimum absolute atomic E-state index is 0.201. The summed E-state index contributed by atoms with van der Waals surface area (Å²) < 4.78 is 12.8. The first-order valence-electron chi connectivity index (χ1n) is 9.35. The molecular formula is C22H19N5O3. The Balaban J connectivity index is 1.36. The lowest BCUT2D eigenvalue weighted by atomic mass is 10.2. The molecule has 30 heavy (non-hydrogen) atoms. The van der Waals surface area contributed by atoms with Crippen molar-refractivity contribution >= 4 is 11.6 Å². The topological polar surface area (TPSA) is 91.2 Å². The average Bonchev–Trinajstić information content (AvgIpc) is 3.31. The van der Waals surface area contributed by atoms with Crippen molar-refractivity contribution in [3.63, 3.8) is 0 Å². The fraction of sp³-hybridized carbons (Fsp3) is 0.0909. The van der Waals surface area contributed by atoms with Crippen LogP contribution >= 0.6 is 0 Å². The highest BCUT2D eigenvalue weighted by Crippen LogP contribution is 2.22. The number of carbonyl (C=O) groups is 1. The molecule has 0 atom stereocenters. The number of hydrogen-bond acceptors (Lipinski definition) is 6. The van der Waals surface area contributed by atoms with Gasteiger partial charge in [-0.1, -0.05) is 0 Å². The summed E-state index contributed by atoms with van der Waals surface area (Å²) in [5, 5.41) is 11.0. The normalized spacial score (nSPS) is 10.4. The summed E-state index contributed by atoms with van der Waals surface area (Å²) in [5.74, 6) is 2.13. The molecule has 0 bridgehead atoms. The molecule has 2 heterocycles. The third kappa shape index (κ3) is 4.61. The number of ether oxygens (including phenoxy) is 2. The standard InChI is InChI=1S/C22H19N5O3/c1-2-29-18-7-3-16(4-8-18)22(28)24-17-5-9-19(10-6-17)30-21-12-11-20(25-26-21)27-14-13-23-15-27/h3-15H,2H2,1H3,(H,24,28). The lowest BCUT2D eigenvalue weighted by Gasteiger charge is -2.08. The van der Waals surface area contributed by atoms with E-state index < -0.39 is 0 Å². The lowest BCUT2D eigenvalue weighted by molar-refractivity contribution is 0.102. The highest BCUT2D eigenvalue weighted by Gasteiger charge is 2.07. The predicted octanol–water partition coefficient (Wildman–Crippen LogP) is 4.11. The Morgan fingerprint density at radius 1 is 0.967 bits per heavy atom. The molecule has 8 heteroatoms. The first kappa shape index (κ1) is 19.1. The van der Waals surface area contributed by atoms with Crippen LogP contribution in [0.3, 0.4) is 0 Å². The van der Waals surface area contributed by atoms with Crippen LogP contribution in [0.2, 0.25) is 0 Å². The molecule has 4 aromatic rings. The van der Waals surface area contributed by atoms with Gasteiger partial charge in [0.2, 0.25) is 5.88 Å². The van der Waals surface area contributed by atoms with Gasteiger partial charge in [-0.05, 0) is 61.5 Å². The van der Waals surface area contributed by atoms with Crippen LogP contribution in [-0.2, 0) is 0 Å². The zero-order valence-corrected chi connectivity index (χ0v) is 16.2. The number of hydrogen-bond donors (Lipinski definition) is 1. The van der Waals surface area contributed by atoms with E-state index in [0.717, 1.165) is 5.75 Å². The molecule has 2 aromatic carbocycles. The van der Waals surface area contributed by atoms with E-state index in [9.17, 15) is 4.79 Å². The van der Waals surface area contributed by atoms with Gasteiger partial charge < -0.3 is 14.8 Å². The van der Waals surface area contributed by atoms with Crippen LogP contribution < -0.4 is 14.8 Å². The van der Waals surface area contributed by atoms with Crippen molar-refractivity contribution in [1.29, 1.82) is 0 Å². The number of aromatic nitrogens is 4. The lowest BCUT2D eigenvalue weighted by Crippen LogP contribution is -2.11. The first-order chi connectivity index (χ1) is 14.7. The van der Waals surface area contributed by atoms with E-state index in [2.05, 4.69) is 20.5 Å². The monoisotopic (exact) mass is 401 g/mol. The van der Waals surface area contributed by atoms with Crippen LogP contribution in [0.15, 0.2) is 79.4 Å². The van der Waals surface area contributed by atoms with Gasteiger partial charge in [0.25, 0.3) is 5.91 Å². The Labute approximate surface area is 173 Å². The van der Waals surface area contributed by atoms with E-state index in [4.69, 9.17) is 9.47 Å². The molecule has 8 nitrogen and oxygen atoms in total. The van der Waals surface area contributed by atoms with Gasteiger partial charge in [0.05, 0.1) is 6.61 Å². The maximum atomic E-state index is 12.4. The van der Waals surface area contributed by atoms with Crippen LogP contribution in [0, 0.1) is 0 Å². The van der Waals surface area contributed by atoms with Crippen molar-refractivity contribution in [2.45, 2.75) is 6.92 Å². The van der Waals surface area contributed by atoms with Crippen molar-refractivity contribution in [3.05, 3.63) is 84.9 Å². The van der Waals surface area contributed by atoms with Gasteiger partial charge in [0.15, 0.2) is 5.82 Å². The number of nitrogens with one attached hydrogen (secondary N) is 1. The molecule has 4 rings (SSSR count). The Morgan fingerprint density at radius 3 is 2.37 bits per heavy atom. The molecule has 0 aliphatic carbocycles. The van der Waals surface area contributed by atoms with E-state index in [1.54, 1.807) is 84.0 Å². The van der Waals surface area contributed by atoms with Gasteiger partial charge in [-0.3, -0.25) is 9.36 Å². The Bertz CT molecular complexity index is 1090. The van der Waals surface area contributed by atoms with E-state index in [0.29, 0.717) is 35.3 Å². The molecular weight excluding hydrogens is 382 g/mol. The smallest absolute Gasteiger partial charge is 0.255 e. The molecule has 150 valence electrons. The van der Waals surface area contributed by atoms with Crippen LogP contribution in [0.1, 0.15) is 17.3 Å². The van der Waals surface area contributed by atoms with Crippen molar-refractivity contribution < 1.29 is 14.3 Å². The zero-order valence-electron chi connectivity index (χ0n) is 16.2. The zero-order chi connectivity index (χ0) is 20.8. The molecule has 0 fully saturated rings. The highest BCUT2D eigenvalue weighted by molar-refractivity contribution is 6.04. The molecule has 1 amide bonds. The van der Waals surface area contributed by atoms with Gasteiger partial charge in [-0.2, -0.15) is 0 Å². The SMILES string of the molecule is CCOc1ccc(C(=O)Nc2ccc(Oc3ccc(-n4ccnc4)nn3)cc2)cc1. The number of benzene rings is 2. The third-order valence-electron chi connectivity index (χ3n) is 4.16. The minimum atomic E-state index is -0.201. The first-order valence-corrected chi connectivity index (χ1v) is 9.35. The Hall–Kier alpha value is -4.20. The Morgan fingerprint density at radius 2 is 1.73 bits per heavy atom. The molecule has 0 spiro atoms. The van der Waals surface area contributed by atoms with Crippen molar-refractivity contribution in [3.8, 4) is 23.2 Å². The fourth-order valence-corrected chi connectivity index (χ4v) is 2.70. The Kier molecular flexibility index (Phi) is 5.66. The van der Waals surface area contributed by atoms with Gasteiger partial charge >= 0.3 is 0 Å². The summed E-state index contributed by atoms with van der Waals surface area (Å²) >= 11 is 0. The highest BCUT2D eigenvalue weighted by atomic mass is 16.5. The second-order valence-electron chi connectivity index (χ2n) is 6.24. The van der Waals surface area contributed by atoms with E-state index in [1.165, 1.54) is 0 Å². The summed E-state index contributed by atoms with van der Waals surface area (Å²) in [7, 11) is 0.